The number of rotatable bonds is 5. The Labute approximate surface area is 104 Å². The summed E-state index contributed by atoms with van der Waals surface area (Å²) in [6, 6.07) is 13.2. The Morgan fingerprint density at radius 1 is 1.12 bits per heavy atom. The van der Waals surface area contributed by atoms with Gasteiger partial charge in [0.2, 0.25) is 0 Å². The van der Waals surface area contributed by atoms with E-state index >= 15 is 0 Å². The van der Waals surface area contributed by atoms with Crippen molar-refractivity contribution in [2.24, 2.45) is 0 Å². The molecule has 0 aliphatic heterocycles. The highest BCUT2D eigenvalue weighted by Gasteiger charge is 2.05. The van der Waals surface area contributed by atoms with Crippen molar-refractivity contribution in [2.75, 3.05) is 0 Å². The van der Waals surface area contributed by atoms with Crippen molar-refractivity contribution < 1.29 is 0 Å². The first kappa shape index (κ1) is 11.9. The Balaban J connectivity index is 2.51. The molecule has 0 bridgehead atoms. The van der Waals surface area contributed by atoms with Crippen LogP contribution in [0.25, 0.3) is 10.8 Å². The second-order valence-electron chi connectivity index (χ2n) is 4.52. The van der Waals surface area contributed by atoms with Gasteiger partial charge in [-0.3, -0.25) is 0 Å². The molecular formula is C17H20. The number of hydrogen-bond acceptors (Lipinski definition) is 0. The molecule has 0 fully saturated rings. The van der Waals surface area contributed by atoms with Crippen LogP contribution in [0.1, 0.15) is 30.9 Å². The van der Waals surface area contributed by atoms with E-state index in [1.165, 1.54) is 41.2 Å². The molecule has 2 aromatic rings. The molecule has 2 rings (SSSR count). The minimum Gasteiger partial charge on any atom is -0.103 e. The van der Waals surface area contributed by atoms with Crippen LogP contribution in [0.3, 0.4) is 0 Å². The van der Waals surface area contributed by atoms with E-state index in [4.69, 9.17) is 0 Å². The second kappa shape index (κ2) is 5.67. The maximum Gasteiger partial charge on any atom is -0.00912 e. The van der Waals surface area contributed by atoms with Gasteiger partial charge >= 0.3 is 0 Å². The van der Waals surface area contributed by atoms with Crippen LogP contribution in [0, 0.1) is 0 Å². The normalized spacial score (nSPS) is 10.6. The fourth-order valence-electron chi connectivity index (χ4n) is 2.37. The minimum absolute atomic E-state index is 0.973. The lowest BCUT2D eigenvalue weighted by Crippen LogP contribution is -1.95. The molecule has 0 nitrogen and oxygen atoms in total. The van der Waals surface area contributed by atoms with Crippen LogP contribution in [0.2, 0.25) is 0 Å². The third-order valence-electron chi connectivity index (χ3n) is 3.29. The van der Waals surface area contributed by atoms with Crippen molar-refractivity contribution in [3.63, 3.8) is 0 Å². The van der Waals surface area contributed by atoms with Crippen molar-refractivity contribution in [1.82, 2.24) is 0 Å². The fourth-order valence-corrected chi connectivity index (χ4v) is 2.37. The standard InChI is InChI=1S/C17H20/c1-3-5-9-14-12-13-15-10-6-7-11-17(15)16(14)8-4-2/h4,6-7,10-13H,2-3,5,8-9H2,1H3. The maximum atomic E-state index is 3.88. The van der Waals surface area contributed by atoms with Gasteiger partial charge in [-0.05, 0) is 41.2 Å². The fraction of sp³-hybridized carbons (Fsp3) is 0.294. The molecule has 0 heteroatoms. The summed E-state index contributed by atoms with van der Waals surface area (Å²) in [4.78, 5) is 0. The molecule has 88 valence electrons. The lowest BCUT2D eigenvalue weighted by atomic mass is 9.94. The molecule has 0 heterocycles. The predicted octanol–water partition coefficient (Wildman–Crippen LogP) is 4.91. The van der Waals surface area contributed by atoms with Crippen LogP contribution < -0.4 is 0 Å². The largest absolute Gasteiger partial charge is 0.103 e. The zero-order valence-electron chi connectivity index (χ0n) is 10.6. The monoisotopic (exact) mass is 224 g/mol. The van der Waals surface area contributed by atoms with E-state index in [1.54, 1.807) is 0 Å². The van der Waals surface area contributed by atoms with Gasteiger partial charge in [0.1, 0.15) is 0 Å². The highest BCUT2D eigenvalue weighted by Crippen LogP contribution is 2.24. The van der Waals surface area contributed by atoms with Crippen molar-refractivity contribution >= 4 is 10.8 Å². The highest BCUT2D eigenvalue weighted by atomic mass is 14.1. The summed E-state index contributed by atoms with van der Waals surface area (Å²) < 4.78 is 0. The van der Waals surface area contributed by atoms with Crippen LogP contribution in [-0.2, 0) is 12.8 Å². The summed E-state index contributed by atoms with van der Waals surface area (Å²) in [5, 5.41) is 2.73. The topological polar surface area (TPSA) is 0 Å². The summed E-state index contributed by atoms with van der Waals surface area (Å²) >= 11 is 0. The van der Waals surface area contributed by atoms with Crippen molar-refractivity contribution in [2.45, 2.75) is 32.6 Å². The molecule has 0 N–H and O–H groups in total. The lowest BCUT2D eigenvalue weighted by Gasteiger charge is -2.11. The van der Waals surface area contributed by atoms with E-state index in [-0.39, 0.29) is 0 Å². The number of fused-ring (bicyclic) bond motifs is 1. The number of unbranched alkanes of at least 4 members (excludes halogenated alkanes) is 1. The molecule has 0 amide bonds. The van der Waals surface area contributed by atoms with E-state index in [9.17, 15) is 0 Å². The summed E-state index contributed by atoms with van der Waals surface area (Å²) in [5.41, 5.74) is 2.96. The molecule has 0 radical (unpaired) electrons. The van der Waals surface area contributed by atoms with Gasteiger partial charge in [0.15, 0.2) is 0 Å². The molecule has 0 spiro atoms. The zero-order chi connectivity index (χ0) is 12.1. The van der Waals surface area contributed by atoms with E-state index in [0.29, 0.717) is 0 Å². The molecule has 0 aromatic heterocycles. The van der Waals surface area contributed by atoms with Gasteiger partial charge in [-0.25, -0.2) is 0 Å². The Morgan fingerprint density at radius 3 is 2.71 bits per heavy atom. The number of hydrogen-bond donors (Lipinski definition) is 0. The summed E-state index contributed by atoms with van der Waals surface area (Å²) in [6.07, 6.45) is 6.69. The van der Waals surface area contributed by atoms with Gasteiger partial charge < -0.3 is 0 Å². The summed E-state index contributed by atoms with van der Waals surface area (Å²) in [7, 11) is 0. The molecule has 0 aliphatic rings. The molecule has 0 atom stereocenters. The lowest BCUT2D eigenvalue weighted by molar-refractivity contribution is 0.790. The highest BCUT2D eigenvalue weighted by molar-refractivity contribution is 5.87. The Bertz CT molecular complexity index is 508. The van der Waals surface area contributed by atoms with Gasteiger partial charge in [-0.15, -0.1) is 6.58 Å². The second-order valence-corrected chi connectivity index (χ2v) is 4.52. The predicted molar refractivity (Wildman–Crippen MR) is 76.5 cm³/mol. The molecule has 2 aromatic carbocycles. The van der Waals surface area contributed by atoms with Crippen LogP contribution in [-0.4, -0.2) is 0 Å². The average molecular weight is 224 g/mol. The van der Waals surface area contributed by atoms with E-state index in [0.717, 1.165) is 6.42 Å². The maximum absolute atomic E-state index is 3.88. The van der Waals surface area contributed by atoms with Crippen LogP contribution in [0.4, 0.5) is 0 Å². The average Bonchev–Trinajstić information content (AvgIpc) is 2.38. The molecule has 0 saturated carbocycles. The van der Waals surface area contributed by atoms with Gasteiger partial charge in [-0.2, -0.15) is 0 Å². The Morgan fingerprint density at radius 2 is 1.94 bits per heavy atom. The van der Waals surface area contributed by atoms with Gasteiger partial charge in [0.05, 0.1) is 0 Å². The van der Waals surface area contributed by atoms with Crippen molar-refractivity contribution in [3.05, 3.63) is 60.2 Å². The number of benzene rings is 2. The quantitative estimate of drug-likeness (QED) is 0.633. The van der Waals surface area contributed by atoms with Crippen molar-refractivity contribution in [1.29, 1.82) is 0 Å². The van der Waals surface area contributed by atoms with E-state index in [2.05, 4.69) is 49.9 Å². The van der Waals surface area contributed by atoms with Crippen LogP contribution in [0.15, 0.2) is 49.1 Å². The first-order chi connectivity index (χ1) is 8.36. The molecular weight excluding hydrogens is 204 g/mol. The number of allylic oxidation sites excluding steroid dienone is 1. The van der Waals surface area contributed by atoms with Gasteiger partial charge in [0, 0.05) is 0 Å². The van der Waals surface area contributed by atoms with Gasteiger partial charge in [-0.1, -0.05) is 55.8 Å². The zero-order valence-corrected chi connectivity index (χ0v) is 10.6. The Hall–Kier alpha value is -1.56. The van der Waals surface area contributed by atoms with E-state index < -0.39 is 0 Å². The van der Waals surface area contributed by atoms with Crippen molar-refractivity contribution in [3.8, 4) is 0 Å². The first-order valence-corrected chi connectivity index (χ1v) is 6.47. The summed E-state index contributed by atoms with van der Waals surface area (Å²) in [6.45, 7) is 6.13. The molecule has 0 saturated heterocycles. The third-order valence-corrected chi connectivity index (χ3v) is 3.29. The minimum atomic E-state index is 0.973. The van der Waals surface area contributed by atoms with E-state index in [1.807, 2.05) is 6.08 Å². The SMILES string of the molecule is C=CCc1c(CCCC)ccc2ccccc12. The first-order valence-electron chi connectivity index (χ1n) is 6.47. The van der Waals surface area contributed by atoms with Crippen LogP contribution in [0.5, 0.6) is 0 Å². The van der Waals surface area contributed by atoms with Gasteiger partial charge in [0.25, 0.3) is 0 Å². The molecule has 0 unspecified atom stereocenters. The molecule has 0 aliphatic carbocycles. The summed E-state index contributed by atoms with van der Waals surface area (Å²) in [5.74, 6) is 0. The molecule has 17 heavy (non-hydrogen) atoms. The Kier molecular flexibility index (Phi) is 3.98. The third kappa shape index (κ3) is 2.58. The van der Waals surface area contributed by atoms with Crippen LogP contribution >= 0.6 is 0 Å². The smallest absolute Gasteiger partial charge is 0.00912 e. The number of aryl methyl sites for hydroxylation is 1.